The predicted octanol–water partition coefficient (Wildman–Crippen LogP) is 1.29. The van der Waals surface area contributed by atoms with Crippen molar-refractivity contribution < 1.29 is 19.7 Å². The van der Waals surface area contributed by atoms with Crippen molar-refractivity contribution in [2.24, 2.45) is 0 Å². The Morgan fingerprint density at radius 3 is 2.73 bits per heavy atom. The Morgan fingerprint density at radius 2 is 2.05 bits per heavy atom. The Bertz CT molecular complexity index is 782. The monoisotopic (exact) mass is 305 g/mol. The molecule has 0 spiro atoms. The first kappa shape index (κ1) is 14.9. The maximum Gasteiger partial charge on any atom is 0.238 e. The van der Waals surface area contributed by atoms with Crippen LogP contribution in [0, 0.1) is 6.92 Å². The number of aliphatic hydroxyl groups excluding tert-OH is 1. The van der Waals surface area contributed by atoms with Gasteiger partial charge in [-0.2, -0.15) is 0 Å². The van der Waals surface area contributed by atoms with E-state index in [0.717, 1.165) is 13.0 Å². The number of piperidine rings is 1. The maximum atomic E-state index is 12.2. The zero-order valence-corrected chi connectivity index (χ0v) is 12.5. The molecule has 3 rings (SSSR count). The number of phenols is 1. The lowest BCUT2D eigenvalue weighted by Crippen LogP contribution is -2.40. The fourth-order valence-electron chi connectivity index (χ4n) is 3.14. The van der Waals surface area contributed by atoms with Gasteiger partial charge in [0.1, 0.15) is 22.5 Å². The molecular weight excluding hydrogens is 286 g/mol. The van der Waals surface area contributed by atoms with Crippen LogP contribution in [-0.4, -0.2) is 46.5 Å². The number of hydrogen-bond donors (Lipinski definition) is 3. The van der Waals surface area contributed by atoms with Crippen molar-refractivity contribution in [3.63, 3.8) is 0 Å². The van der Waals surface area contributed by atoms with Crippen LogP contribution in [0.3, 0.4) is 0 Å². The lowest BCUT2D eigenvalue weighted by atomic mass is 9.86. The summed E-state index contributed by atoms with van der Waals surface area (Å²) in [4.78, 5) is 14.2. The van der Waals surface area contributed by atoms with Gasteiger partial charge in [0.25, 0.3) is 0 Å². The Balaban J connectivity index is 2.23. The first-order chi connectivity index (χ1) is 10.4. The lowest BCUT2D eigenvalue weighted by molar-refractivity contribution is 0.0639. The van der Waals surface area contributed by atoms with E-state index in [2.05, 4.69) is 0 Å². The number of likely N-dealkylation sites (tertiary alicyclic amines) is 1. The highest BCUT2D eigenvalue weighted by Gasteiger charge is 2.30. The van der Waals surface area contributed by atoms with E-state index in [-0.39, 0.29) is 28.4 Å². The molecule has 2 atom stereocenters. The number of nitrogens with zero attached hydrogens (tertiary/aromatic N) is 1. The number of β-amino-alcohol motifs (C(OH)–C–C–N with tert-alkyl or cyclic N) is 1. The third-order valence-corrected chi connectivity index (χ3v) is 4.38. The number of likely N-dealkylation sites (N-methyl/N-ethyl adjacent to an activating group) is 1. The van der Waals surface area contributed by atoms with Crippen LogP contribution in [0.25, 0.3) is 11.0 Å². The van der Waals surface area contributed by atoms with Crippen molar-refractivity contribution in [2.75, 3.05) is 20.1 Å². The quantitative estimate of drug-likeness (QED) is 0.735. The highest BCUT2D eigenvalue weighted by atomic mass is 16.4. The summed E-state index contributed by atoms with van der Waals surface area (Å²) in [6.45, 7) is 2.86. The van der Waals surface area contributed by atoms with Crippen LogP contribution in [0.1, 0.15) is 23.7 Å². The molecule has 2 unspecified atom stereocenters. The van der Waals surface area contributed by atoms with Crippen LogP contribution in [0.2, 0.25) is 0 Å². The van der Waals surface area contributed by atoms with Crippen molar-refractivity contribution in [3.8, 4) is 11.5 Å². The maximum absolute atomic E-state index is 12.2. The van der Waals surface area contributed by atoms with E-state index < -0.39 is 17.3 Å². The zero-order chi connectivity index (χ0) is 16.0. The molecule has 0 aliphatic carbocycles. The number of aromatic hydroxyl groups is 2. The molecule has 0 radical (unpaired) electrons. The SMILES string of the molecule is Cc1oc2c(C3CCN(C)CC3O)ccc(O)c2c(=O)c1O. The van der Waals surface area contributed by atoms with E-state index in [4.69, 9.17) is 4.42 Å². The fourth-order valence-corrected chi connectivity index (χ4v) is 3.14. The topological polar surface area (TPSA) is 94.1 Å². The van der Waals surface area contributed by atoms with Crippen molar-refractivity contribution in [2.45, 2.75) is 25.4 Å². The van der Waals surface area contributed by atoms with Crippen LogP contribution in [0.4, 0.5) is 0 Å². The molecule has 1 aromatic carbocycles. The third kappa shape index (κ3) is 2.24. The number of aryl methyl sites for hydroxylation is 1. The number of phenolic OH excluding ortho intramolecular Hbond substituents is 1. The van der Waals surface area contributed by atoms with Crippen LogP contribution >= 0.6 is 0 Å². The molecule has 0 amide bonds. The molecule has 1 aromatic heterocycles. The van der Waals surface area contributed by atoms with E-state index in [9.17, 15) is 20.1 Å². The second-order valence-electron chi connectivity index (χ2n) is 5.94. The highest BCUT2D eigenvalue weighted by Crippen LogP contribution is 2.36. The van der Waals surface area contributed by atoms with Crippen molar-refractivity contribution >= 4 is 11.0 Å². The number of rotatable bonds is 1. The van der Waals surface area contributed by atoms with Crippen LogP contribution in [-0.2, 0) is 0 Å². The first-order valence-electron chi connectivity index (χ1n) is 7.25. The summed E-state index contributed by atoms with van der Waals surface area (Å²) < 4.78 is 5.58. The van der Waals surface area contributed by atoms with Crippen molar-refractivity contribution in [1.82, 2.24) is 4.90 Å². The zero-order valence-electron chi connectivity index (χ0n) is 12.5. The summed E-state index contributed by atoms with van der Waals surface area (Å²) in [5.74, 6) is -0.799. The van der Waals surface area contributed by atoms with Gasteiger partial charge in [0.15, 0.2) is 0 Å². The lowest BCUT2D eigenvalue weighted by Gasteiger charge is -2.34. The summed E-state index contributed by atoms with van der Waals surface area (Å²) in [5.41, 5.74) is 0.281. The van der Waals surface area contributed by atoms with Gasteiger partial charge < -0.3 is 24.6 Å². The second-order valence-corrected chi connectivity index (χ2v) is 5.94. The minimum Gasteiger partial charge on any atom is -0.507 e. The normalized spacial score (nSPS) is 23.0. The van der Waals surface area contributed by atoms with Gasteiger partial charge in [0.2, 0.25) is 11.2 Å². The number of aliphatic hydroxyl groups is 1. The van der Waals surface area contributed by atoms with Gasteiger partial charge in [-0.1, -0.05) is 6.07 Å². The summed E-state index contributed by atoms with van der Waals surface area (Å²) in [6.07, 6.45) is 0.146. The van der Waals surface area contributed by atoms with E-state index in [1.807, 2.05) is 11.9 Å². The Hall–Kier alpha value is -2.05. The van der Waals surface area contributed by atoms with E-state index in [1.165, 1.54) is 13.0 Å². The van der Waals surface area contributed by atoms with Crippen LogP contribution in [0.15, 0.2) is 21.3 Å². The smallest absolute Gasteiger partial charge is 0.238 e. The average molecular weight is 305 g/mol. The van der Waals surface area contributed by atoms with E-state index in [1.54, 1.807) is 6.07 Å². The standard InChI is InChI=1S/C16H19NO5/c1-8-14(20)15(21)13-11(18)4-3-10(16(13)22-8)9-5-6-17(2)7-12(9)19/h3-4,9,12,18-20H,5-7H2,1-2H3. The van der Waals surface area contributed by atoms with Crippen molar-refractivity contribution in [3.05, 3.63) is 33.7 Å². The predicted molar refractivity (Wildman–Crippen MR) is 81.4 cm³/mol. The molecule has 2 aromatic rings. The molecule has 1 saturated heterocycles. The third-order valence-electron chi connectivity index (χ3n) is 4.38. The largest absolute Gasteiger partial charge is 0.507 e. The minimum absolute atomic E-state index is 0.0354. The first-order valence-corrected chi connectivity index (χ1v) is 7.25. The Morgan fingerprint density at radius 1 is 1.32 bits per heavy atom. The van der Waals surface area contributed by atoms with Crippen molar-refractivity contribution in [1.29, 1.82) is 0 Å². The van der Waals surface area contributed by atoms with Crippen LogP contribution in [0.5, 0.6) is 11.5 Å². The van der Waals surface area contributed by atoms with Crippen LogP contribution < -0.4 is 5.43 Å². The fraction of sp³-hybridized carbons (Fsp3) is 0.438. The molecule has 1 aliphatic heterocycles. The Labute approximate surface area is 127 Å². The van der Waals surface area contributed by atoms with Gasteiger partial charge in [-0.15, -0.1) is 0 Å². The van der Waals surface area contributed by atoms with E-state index in [0.29, 0.717) is 12.1 Å². The van der Waals surface area contributed by atoms with Gasteiger partial charge in [0.05, 0.1) is 6.10 Å². The molecule has 2 heterocycles. The summed E-state index contributed by atoms with van der Waals surface area (Å²) in [7, 11) is 1.94. The molecule has 6 nitrogen and oxygen atoms in total. The average Bonchev–Trinajstić information content (AvgIpc) is 2.46. The second kappa shape index (κ2) is 5.30. The number of fused-ring (bicyclic) bond motifs is 1. The number of hydrogen-bond acceptors (Lipinski definition) is 6. The van der Waals surface area contributed by atoms with Gasteiger partial charge >= 0.3 is 0 Å². The molecule has 3 N–H and O–H groups in total. The van der Waals surface area contributed by atoms with Gasteiger partial charge in [-0.3, -0.25) is 4.79 Å². The summed E-state index contributed by atoms with van der Waals surface area (Å²) in [5, 5.41) is 30.0. The molecule has 6 heteroatoms. The molecule has 22 heavy (non-hydrogen) atoms. The molecule has 1 fully saturated rings. The molecule has 1 aliphatic rings. The molecule has 0 saturated carbocycles. The summed E-state index contributed by atoms with van der Waals surface area (Å²) >= 11 is 0. The van der Waals surface area contributed by atoms with E-state index >= 15 is 0 Å². The van der Waals surface area contributed by atoms with Gasteiger partial charge in [-0.05, 0) is 33.0 Å². The molecular formula is C16H19NO5. The van der Waals surface area contributed by atoms with Gasteiger partial charge in [-0.25, -0.2) is 0 Å². The minimum atomic E-state index is -0.652. The molecule has 0 bridgehead atoms. The number of benzene rings is 1. The van der Waals surface area contributed by atoms with Gasteiger partial charge in [0, 0.05) is 18.0 Å². The molecule has 118 valence electrons. The highest BCUT2D eigenvalue weighted by molar-refractivity contribution is 5.87. The summed E-state index contributed by atoms with van der Waals surface area (Å²) in [6, 6.07) is 3.09. The Kier molecular flexibility index (Phi) is 3.58.